The molecule has 1 amide bonds. The van der Waals surface area contributed by atoms with E-state index in [0.717, 1.165) is 35.2 Å². The lowest BCUT2D eigenvalue weighted by atomic mass is 9.90. The van der Waals surface area contributed by atoms with Gasteiger partial charge in [0.2, 0.25) is 0 Å². The lowest BCUT2D eigenvalue weighted by Gasteiger charge is -2.18. The summed E-state index contributed by atoms with van der Waals surface area (Å²) in [5, 5.41) is 7.00. The molecule has 0 aliphatic heterocycles. The van der Waals surface area contributed by atoms with Crippen molar-refractivity contribution < 1.29 is 9.18 Å². The molecular formula is C19H18Cl2FN3O. The van der Waals surface area contributed by atoms with Crippen molar-refractivity contribution in [2.75, 3.05) is 5.32 Å². The lowest BCUT2D eigenvalue weighted by Crippen LogP contribution is -2.16. The van der Waals surface area contributed by atoms with Gasteiger partial charge in [-0.05, 0) is 42.5 Å². The molecule has 1 aromatic heterocycles. The average Bonchev–Trinajstić information content (AvgIpc) is 3.26. The lowest BCUT2D eigenvalue weighted by molar-refractivity contribution is 0.102. The first kappa shape index (κ1) is 17.6. The number of nitrogens with zero attached hydrogens (tertiary/aromatic N) is 2. The van der Waals surface area contributed by atoms with Crippen molar-refractivity contribution >= 4 is 34.8 Å². The van der Waals surface area contributed by atoms with Crippen molar-refractivity contribution in [2.45, 2.75) is 37.8 Å². The van der Waals surface area contributed by atoms with E-state index >= 15 is 0 Å². The van der Waals surface area contributed by atoms with Crippen LogP contribution in [0.5, 0.6) is 0 Å². The number of aromatic nitrogens is 2. The number of hydrogen-bond acceptors (Lipinski definition) is 2. The Morgan fingerprint density at radius 2 is 2.08 bits per heavy atom. The van der Waals surface area contributed by atoms with Crippen LogP contribution in [0.15, 0.2) is 34.5 Å². The first-order valence-electron chi connectivity index (χ1n) is 8.55. The Morgan fingerprint density at radius 1 is 1.35 bits per heavy atom. The summed E-state index contributed by atoms with van der Waals surface area (Å²) < 4.78 is 15.6. The molecule has 7 heteroatoms. The van der Waals surface area contributed by atoms with Crippen LogP contribution in [-0.2, 0) is 7.05 Å². The monoisotopic (exact) mass is 393 g/mol. The van der Waals surface area contributed by atoms with Gasteiger partial charge in [-0.15, -0.1) is 0 Å². The SMILES string of the molecule is CC(F)c1nn(C)cc1C(=O)Nc1cccc2c1C1CCC2C1=C(Cl)Cl. The van der Waals surface area contributed by atoms with E-state index in [1.165, 1.54) is 17.8 Å². The molecule has 2 bridgehead atoms. The van der Waals surface area contributed by atoms with Crippen LogP contribution in [-0.4, -0.2) is 15.7 Å². The zero-order chi connectivity index (χ0) is 18.6. The fraction of sp³-hybridized carbons (Fsp3) is 0.368. The Hall–Kier alpha value is -1.85. The Morgan fingerprint density at radius 3 is 2.77 bits per heavy atom. The highest BCUT2D eigenvalue weighted by Gasteiger charge is 2.44. The number of rotatable bonds is 3. The quantitative estimate of drug-likeness (QED) is 0.761. The molecule has 0 spiro atoms. The number of carbonyl (C=O) groups is 1. The molecule has 1 heterocycles. The molecule has 1 saturated carbocycles. The van der Waals surface area contributed by atoms with Crippen LogP contribution in [0, 0.1) is 0 Å². The van der Waals surface area contributed by atoms with Gasteiger partial charge in [0.15, 0.2) is 0 Å². The normalized spacial score (nSPS) is 21.7. The van der Waals surface area contributed by atoms with Crippen LogP contribution in [0.2, 0.25) is 0 Å². The minimum atomic E-state index is -1.32. The van der Waals surface area contributed by atoms with E-state index < -0.39 is 6.17 Å². The predicted molar refractivity (Wildman–Crippen MR) is 101 cm³/mol. The summed E-state index contributed by atoms with van der Waals surface area (Å²) in [5.41, 5.74) is 4.40. The van der Waals surface area contributed by atoms with E-state index in [4.69, 9.17) is 23.2 Å². The number of amides is 1. The number of benzene rings is 1. The van der Waals surface area contributed by atoms with Gasteiger partial charge in [0, 0.05) is 30.8 Å². The third-order valence-electron chi connectivity index (χ3n) is 5.30. The molecule has 26 heavy (non-hydrogen) atoms. The van der Waals surface area contributed by atoms with Gasteiger partial charge in [-0.2, -0.15) is 5.10 Å². The third-order valence-corrected chi connectivity index (χ3v) is 5.74. The summed E-state index contributed by atoms with van der Waals surface area (Å²) in [5.74, 6) is -0.0158. The van der Waals surface area contributed by atoms with E-state index in [1.807, 2.05) is 12.1 Å². The number of anilines is 1. The van der Waals surface area contributed by atoms with Gasteiger partial charge in [-0.3, -0.25) is 9.48 Å². The maximum atomic E-state index is 13.8. The Balaban J connectivity index is 1.71. The molecule has 1 aromatic carbocycles. The molecule has 3 atom stereocenters. The maximum absolute atomic E-state index is 13.8. The number of hydrogen-bond donors (Lipinski definition) is 1. The summed E-state index contributed by atoms with van der Waals surface area (Å²) in [7, 11) is 1.67. The van der Waals surface area contributed by atoms with E-state index in [9.17, 15) is 9.18 Å². The molecule has 4 rings (SSSR count). The van der Waals surface area contributed by atoms with Crippen molar-refractivity contribution in [1.29, 1.82) is 0 Å². The van der Waals surface area contributed by atoms with Crippen molar-refractivity contribution in [3.63, 3.8) is 0 Å². The zero-order valence-electron chi connectivity index (χ0n) is 14.4. The van der Waals surface area contributed by atoms with E-state index in [0.29, 0.717) is 4.49 Å². The molecule has 2 aliphatic carbocycles. The summed E-state index contributed by atoms with van der Waals surface area (Å²) in [4.78, 5) is 12.8. The molecule has 0 saturated heterocycles. The number of allylic oxidation sites excluding steroid dienone is 1. The molecule has 1 N–H and O–H groups in total. The standard InChI is InChI=1S/C19H18Cl2FN3O/c1-9(22)17-13(8-25(2)24-17)19(26)23-14-5-3-4-10-11-6-7-12(15(10)14)16(11)18(20)21/h3-5,8-9,11-12H,6-7H2,1-2H3,(H,23,26). The number of nitrogens with one attached hydrogen (secondary N) is 1. The van der Waals surface area contributed by atoms with Gasteiger partial charge in [-0.1, -0.05) is 35.3 Å². The highest BCUT2D eigenvalue weighted by molar-refractivity contribution is 6.56. The predicted octanol–water partition coefficient (Wildman–Crippen LogP) is 5.37. The molecule has 1 fully saturated rings. The summed E-state index contributed by atoms with van der Waals surface area (Å²) >= 11 is 12.2. The fourth-order valence-corrected chi connectivity index (χ4v) is 4.85. The first-order chi connectivity index (χ1) is 12.4. The largest absolute Gasteiger partial charge is 0.322 e. The van der Waals surface area contributed by atoms with Gasteiger partial charge in [0.05, 0.1) is 5.56 Å². The van der Waals surface area contributed by atoms with Crippen molar-refractivity contribution in [3.8, 4) is 0 Å². The van der Waals surface area contributed by atoms with Crippen molar-refractivity contribution in [2.24, 2.45) is 7.05 Å². The fourth-order valence-electron chi connectivity index (χ4n) is 4.32. The molecule has 136 valence electrons. The highest BCUT2D eigenvalue weighted by Crippen LogP contribution is 2.60. The summed E-state index contributed by atoms with van der Waals surface area (Å²) in [6, 6.07) is 5.84. The van der Waals surface area contributed by atoms with Gasteiger partial charge >= 0.3 is 0 Å². The zero-order valence-corrected chi connectivity index (χ0v) is 15.9. The van der Waals surface area contributed by atoms with E-state index in [1.54, 1.807) is 7.05 Å². The molecule has 2 aromatic rings. The molecular weight excluding hydrogens is 376 g/mol. The number of carbonyl (C=O) groups excluding carboxylic acids is 1. The number of halogens is 3. The van der Waals surface area contributed by atoms with Crippen LogP contribution in [0.3, 0.4) is 0 Å². The molecule has 0 radical (unpaired) electrons. The van der Waals surface area contributed by atoms with Crippen molar-refractivity contribution in [3.05, 3.63) is 56.8 Å². The van der Waals surface area contributed by atoms with Crippen LogP contribution >= 0.6 is 23.2 Å². The van der Waals surface area contributed by atoms with Crippen molar-refractivity contribution in [1.82, 2.24) is 9.78 Å². The second kappa shape index (κ2) is 6.39. The second-order valence-corrected chi connectivity index (χ2v) is 7.83. The Kier molecular flexibility index (Phi) is 4.32. The van der Waals surface area contributed by atoms with Crippen LogP contribution < -0.4 is 5.32 Å². The average molecular weight is 394 g/mol. The Labute approximate surface area is 161 Å². The van der Waals surface area contributed by atoms with Crippen LogP contribution in [0.25, 0.3) is 0 Å². The smallest absolute Gasteiger partial charge is 0.259 e. The minimum Gasteiger partial charge on any atom is -0.322 e. The molecule has 3 unspecified atom stereocenters. The molecule has 2 aliphatic rings. The topological polar surface area (TPSA) is 46.9 Å². The number of alkyl halides is 1. The van der Waals surface area contributed by atoms with E-state index in [-0.39, 0.29) is 29.0 Å². The van der Waals surface area contributed by atoms with Gasteiger partial charge < -0.3 is 5.32 Å². The Bertz CT molecular complexity index is 931. The molecule has 4 nitrogen and oxygen atoms in total. The third kappa shape index (κ3) is 2.65. The van der Waals surface area contributed by atoms with Crippen LogP contribution in [0.1, 0.15) is 65.0 Å². The summed E-state index contributed by atoms with van der Waals surface area (Å²) in [6.45, 7) is 1.37. The number of aryl methyl sites for hydroxylation is 1. The van der Waals surface area contributed by atoms with Gasteiger partial charge in [0.25, 0.3) is 5.91 Å². The first-order valence-corrected chi connectivity index (χ1v) is 9.31. The van der Waals surface area contributed by atoms with Gasteiger partial charge in [0.1, 0.15) is 16.4 Å². The highest BCUT2D eigenvalue weighted by atomic mass is 35.5. The number of fused-ring (bicyclic) bond motifs is 5. The maximum Gasteiger partial charge on any atom is 0.259 e. The van der Waals surface area contributed by atoms with Crippen LogP contribution in [0.4, 0.5) is 10.1 Å². The summed E-state index contributed by atoms with van der Waals surface area (Å²) in [6.07, 6.45) is 2.19. The van der Waals surface area contributed by atoms with E-state index in [2.05, 4.69) is 16.5 Å². The van der Waals surface area contributed by atoms with Gasteiger partial charge in [-0.25, -0.2) is 4.39 Å². The second-order valence-electron chi connectivity index (χ2n) is 6.88. The minimum absolute atomic E-state index is 0.130.